The molecule has 4 nitrogen and oxygen atoms in total. The lowest BCUT2D eigenvalue weighted by Gasteiger charge is -2.28. The van der Waals surface area contributed by atoms with Crippen LogP contribution in [0.25, 0.3) is 0 Å². The zero-order valence-corrected chi connectivity index (χ0v) is 12.5. The molecule has 1 unspecified atom stereocenters. The molecule has 3 N–H and O–H groups in total. The maximum atomic E-state index is 10.1. The molecule has 0 radical (unpaired) electrons. The zero-order chi connectivity index (χ0) is 14.5. The number of hydrogen-bond acceptors (Lipinski definition) is 4. The standard InChI is InChI=1S/C16H26N2O2/c1-12(2)18(9-13-6-7-13)10-15(19)11-20-16-5-3-4-14(17)8-16/h3-5,8,12-13,15,19H,6-7,9-11,17H2,1-2H3. The number of hydrogen-bond donors (Lipinski definition) is 2. The van der Waals surface area contributed by atoms with Crippen LogP contribution in [0, 0.1) is 5.92 Å². The molecule has 0 aliphatic heterocycles. The van der Waals surface area contributed by atoms with Crippen molar-refractivity contribution < 1.29 is 9.84 Å². The number of ether oxygens (including phenoxy) is 1. The summed E-state index contributed by atoms with van der Waals surface area (Å²) in [5.74, 6) is 1.54. The fourth-order valence-electron chi connectivity index (χ4n) is 2.25. The van der Waals surface area contributed by atoms with Crippen LogP contribution in [0.5, 0.6) is 5.75 Å². The van der Waals surface area contributed by atoms with Gasteiger partial charge in [-0.25, -0.2) is 0 Å². The van der Waals surface area contributed by atoms with Crippen molar-refractivity contribution in [3.8, 4) is 5.75 Å². The molecule has 0 amide bonds. The number of aliphatic hydroxyl groups excluding tert-OH is 1. The predicted octanol–water partition coefficient (Wildman–Crippen LogP) is 2.13. The Balaban J connectivity index is 1.76. The van der Waals surface area contributed by atoms with Gasteiger partial charge in [-0.15, -0.1) is 0 Å². The summed E-state index contributed by atoms with van der Waals surface area (Å²) in [6, 6.07) is 7.76. The Labute approximate surface area is 121 Å². The lowest BCUT2D eigenvalue weighted by molar-refractivity contribution is 0.0556. The van der Waals surface area contributed by atoms with E-state index in [1.807, 2.05) is 18.2 Å². The molecule has 4 heteroatoms. The lowest BCUT2D eigenvalue weighted by atomic mass is 10.2. The van der Waals surface area contributed by atoms with Gasteiger partial charge < -0.3 is 15.6 Å². The van der Waals surface area contributed by atoms with E-state index in [1.54, 1.807) is 6.07 Å². The molecule has 0 saturated heterocycles. The second-order valence-electron chi connectivity index (χ2n) is 6.03. The average Bonchev–Trinajstić information content (AvgIpc) is 3.19. The minimum absolute atomic E-state index is 0.303. The molecule has 1 saturated carbocycles. The first-order valence-electron chi connectivity index (χ1n) is 7.45. The summed E-state index contributed by atoms with van der Waals surface area (Å²) in [6.07, 6.45) is 2.19. The highest BCUT2D eigenvalue weighted by Gasteiger charge is 2.26. The van der Waals surface area contributed by atoms with Gasteiger partial charge in [0.25, 0.3) is 0 Å². The Morgan fingerprint density at radius 3 is 2.75 bits per heavy atom. The maximum absolute atomic E-state index is 10.1. The molecule has 0 aromatic heterocycles. The van der Waals surface area contributed by atoms with Gasteiger partial charge in [0, 0.05) is 30.9 Å². The Kier molecular flexibility index (Phi) is 5.26. The molecule has 0 bridgehead atoms. The molecule has 1 atom stereocenters. The van der Waals surface area contributed by atoms with Crippen molar-refractivity contribution in [3.05, 3.63) is 24.3 Å². The highest BCUT2D eigenvalue weighted by molar-refractivity contribution is 5.43. The highest BCUT2D eigenvalue weighted by Crippen LogP contribution is 2.30. The largest absolute Gasteiger partial charge is 0.491 e. The Morgan fingerprint density at radius 1 is 1.40 bits per heavy atom. The highest BCUT2D eigenvalue weighted by atomic mass is 16.5. The van der Waals surface area contributed by atoms with E-state index in [2.05, 4.69) is 18.7 Å². The number of nitrogen functional groups attached to an aromatic ring is 1. The number of rotatable bonds is 8. The molecule has 1 aliphatic rings. The molecule has 1 aromatic carbocycles. The van der Waals surface area contributed by atoms with Gasteiger partial charge >= 0.3 is 0 Å². The van der Waals surface area contributed by atoms with Crippen molar-refractivity contribution in [2.75, 3.05) is 25.4 Å². The first-order valence-corrected chi connectivity index (χ1v) is 7.45. The second kappa shape index (κ2) is 6.95. The van der Waals surface area contributed by atoms with Gasteiger partial charge in [-0.1, -0.05) is 6.07 Å². The van der Waals surface area contributed by atoms with Crippen molar-refractivity contribution in [2.45, 2.75) is 38.8 Å². The SMILES string of the molecule is CC(C)N(CC(O)COc1cccc(N)c1)CC1CC1. The summed E-state index contributed by atoms with van der Waals surface area (Å²) < 4.78 is 5.59. The van der Waals surface area contributed by atoms with Crippen molar-refractivity contribution in [1.29, 1.82) is 0 Å². The fraction of sp³-hybridized carbons (Fsp3) is 0.625. The average molecular weight is 278 g/mol. The summed E-state index contributed by atoms with van der Waals surface area (Å²) in [5.41, 5.74) is 6.37. The van der Waals surface area contributed by atoms with Crippen molar-refractivity contribution >= 4 is 5.69 Å². The molecular weight excluding hydrogens is 252 g/mol. The summed E-state index contributed by atoms with van der Waals surface area (Å²) >= 11 is 0. The molecular formula is C16H26N2O2. The quantitative estimate of drug-likeness (QED) is 0.715. The first kappa shape index (κ1) is 15.1. The van der Waals surface area contributed by atoms with E-state index in [0.717, 1.165) is 12.5 Å². The summed E-state index contributed by atoms with van der Waals surface area (Å²) in [7, 11) is 0. The monoisotopic (exact) mass is 278 g/mol. The number of aliphatic hydroxyl groups is 1. The zero-order valence-electron chi connectivity index (χ0n) is 12.5. The van der Waals surface area contributed by atoms with E-state index in [0.29, 0.717) is 30.6 Å². The topological polar surface area (TPSA) is 58.7 Å². The summed E-state index contributed by atoms with van der Waals surface area (Å²) in [5, 5.41) is 10.1. The third-order valence-electron chi connectivity index (χ3n) is 3.67. The van der Waals surface area contributed by atoms with Crippen LogP contribution in [0.1, 0.15) is 26.7 Å². The minimum atomic E-state index is -0.474. The molecule has 2 rings (SSSR count). The number of anilines is 1. The number of benzene rings is 1. The molecule has 1 fully saturated rings. The summed E-state index contributed by atoms with van der Waals surface area (Å²) in [4.78, 5) is 2.34. The Morgan fingerprint density at radius 2 is 2.15 bits per heavy atom. The minimum Gasteiger partial charge on any atom is -0.491 e. The second-order valence-corrected chi connectivity index (χ2v) is 6.03. The van der Waals surface area contributed by atoms with Crippen LogP contribution in [0.2, 0.25) is 0 Å². The molecule has 0 heterocycles. The van der Waals surface area contributed by atoms with Gasteiger partial charge in [0.2, 0.25) is 0 Å². The predicted molar refractivity (Wildman–Crippen MR) is 81.8 cm³/mol. The molecule has 1 aromatic rings. The van der Waals surface area contributed by atoms with Crippen LogP contribution in [-0.4, -0.2) is 41.8 Å². The fourth-order valence-corrected chi connectivity index (χ4v) is 2.25. The van der Waals surface area contributed by atoms with E-state index in [9.17, 15) is 5.11 Å². The number of nitrogens with two attached hydrogens (primary N) is 1. The van der Waals surface area contributed by atoms with E-state index < -0.39 is 6.10 Å². The Bertz CT molecular complexity index is 419. The first-order chi connectivity index (χ1) is 9.54. The Hall–Kier alpha value is -1.26. The van der Waals surface area contributed by atoms with Crippen LogP contribution in [0.4, 0.5) is 5.69 Å². The molecule has 0 spiro atoms. The maximum Gasteiger partial charge on any atom is 0.121 e. The smallest absolute Gasteiger partial charge is 0.121 e. The molecule has 112 valence electrons. The third-order valence-corrected chi connectivity index (χ3v) is 3.67. The van der Waals surface area contributed by atoms with Crippen LogP contribution < -0.4 is 10.5 Å². The van der Waals surface area contributed by atoms with Gasteiger partial charge in [-0.05, 0) is 44.7 Å². The van der Waals surface area contributed by atoms with Gasteiger partial charge in [0.1, 0.15) is 18.5 Å². The van der Waals surface area contributed by atoms with Crippen LogP contribution in [0.15, 0.2) is 24.3 Å². The van der Waals surface area contributed by atoms with Gasteiger partial charge in [0.15, 0.2) is 0 Å². The van der Waals surface area contributed by atoms with Crippen molar-refractivity contribution in [2.24, 2.45) is 5.92 Å². The van der Waals surface area contributed by atoms with Crippen LogP contribution in [-0.2, 0) is 0 Å². The van der Waals surface area contributed by atoms with Gasteiger partial charge in [-0.2, -0.15) is 0 Å². The summed E-state index contributed by atoms with van der Waals surface area (Å²) in [6.45, 7) is 6.41. The normalized spacial score (nSPS) is 16.6. The molecule has 1 aliphatic carbocycles. The van der Waals surface area contributed by atoms with E-state index >= 15 is 0 Å². The van der Waals surface area contributed by atoms with Crippen LogP contribution in [0.3, 0.4) is 0 Å². The van der Waals surface area contributed by atoms with Crippen LogP contribution >= 0.6 is 0 Å². The molecule has 20 heavy (non-hydrogen) atoms. The number of nitrogens with zero attached hydrogens (tertiary/aromatic N) is 1. The van der Waals surface area contributed by atoms with Gasteiger partial charge in [0.05, 0.1) is 0 Å². The van der Waals surface area contributed by atoms with Gasteiger partial charge in [-0.3, -0.25) is 4.90 Å². The van der Waals surface area contributed by atoms with Crippen molar-refractivity contribution in [1.82, 2.24) is 4.90 Å². The third kappa shape index (κ3) is 5.02. The van der Waals surface area contributed by atoms with Crippen molar-refractivity contribution in [3.63, 3.8) is 0 Å². The lowest BCUT2D eigenvalue weighted by Crippen LogP contribution is -2.40. The van der Waals surface area contributed by atoms with E-state index in [4.69, 9.17) is 10.5 Å². The van der Waals surface area contributed by atoms with E-state index in [1.165, 1.54) is 12.8 Å². The van der Waals surface area contributed by atoms with E-state index in [-0.39, 0.29) is 0 Å².